The van der Waals surface area contributed by atoms with Gasteiger partial charge >= 0.3 is 0 Å². The Hall–Kier alpha value is -1.68. The molecule has 4 heteroatoms. The van der Waals surface area contributed by atoms with Crippen molar-refractivity contribution in [3.8, 4) is 11.4 Å². The zero-order valence-corrected chi connectivity index (χ0v) is 11.1. The van der Waals surface area contributed by atoms with Gasteiger partial charge in [0.1, 0.15) is 5.82 Å². The maximum absolute atomic E-state index is 5.60. The van der Waals surface area contributed by atoms with E-state index in [0.29, 0.717) is 12.5 Å². The van der Waals surface area contributed by atoms with E-state index in [1.165, 1.54) is 31.2 Å². The summed E-state index contributed by atoms with van der Waals surface area (Å²) in [5.41, 5.74) is 7.92. The maximum Gasteiger partial charge on any atom is 0.181 e. The van der Waals surface area contributed by atoms with Crippen LogP contribution in [0.5, 0.6) is 0 Å². The normalized spacial score (nSPS) is 16.1. The molecule has 0 aliphatic heterocycles. The first-order valence-corrected chi connectivity index (χ1v) is 7.08. The van der Waals surface area contributed by atoms with Crippen LogP contribution >= 0.6 is 0 Å². The molecule has 1 aromatic heterocycles. The van der Waals surface area contributed by atoms with E-state index in [1.54, 1.807) is 0 Å². The molecule has 0 bridgehead atoms. The topological polar surface area (TPSA) is 67.6 Å². The van der Waals surface area contributed by atoms with Crippen LogP contribution in [0.25, 0.3) is 11.4 Å². The van der Waals surface area contributed by atoms with Gasteiger partial charge in [-0.15, -0.1) is 0 Å². The molecule has 0 atom stereocenters. The fourth-order valence-electron chi connectivity index (χ4n) is 2.82. The highest BCUT2D eigenvalue weighted by Crippen LogP contribution is 2.32. The van der Waals surface area contributed by atoms with Crippen LogP contribution in [-0.2, 0) is 6.42 Å². The second kappa shape index (κ2) is 5.53. The summed E-state index contributed by atoms with van der Waals surface area (Å²) in [6.45, 7) is 0.671. The van der Waals surface area contributed by atoms with Crippen LogP contribution in [-0.4, -0.2) is 21.7 Å². The molecule has 3 rings (SSSR count). The van der Waals surface area contributed by atoms with E-state index in [4.69, 9.17) is 5.73 Å². The van der Waals surface area contributed by atoms with Gasteiger partial charge in [0.05, 0.1) is 0 Å². The van der Waals surface area contributed by atoms with Gasteiger partial charge < -0.3 is 5.73 Å². The van der Waals surface area contributed by atoms with E-state index >= 15 is 0 Å². The van der Waals surface area contributed by atoms with Crippen LogP contribution in [0, 0.1) is 0 Å². The lowest BCUT2D eigenvalue weighted by atomic mass is 10.1. The van der Waals surface area contributed by atoms with Gasteiger partial charge in [0.2, 0.25) is 0 Å². The summed E-state index contributed by atoms with van der Waals surface area (Å²) in [6.07, 6.45) is 6.00. The Morgan fingerprint density at radius 1 is 1.26 bits per heavy atom. The minimum atomic E-state index is 0.577. The average molecular weight is 256 g/mol. The monoisotopic (exact) mass is 256 g/mol. The molecule has 0 spiro atoms. The smallest absolute Gasteiger partial charge is 0.181 e. The molecule has 0 saturated heterocycles. The summed E-state index contributed by atoms with van der Waals surface area (Å²) in [4.78, 5) is 4.67. The van der Waals surface area contributed by atoms with E-state index in [2.05, 4.69) is 33.4 Å². The van der Waals surface area contributed by atoms with E-state index in [-0.39, 0.29) is 0 Å². The number of aromatic nitrogens is 3. The van der Waals surface area contributed by atoms with E-state index in [9.17, 15) is 0 Å². The fourth-order valence-corrected chi connectivity index (χ4v) is 2.82. The standard InChI is InChI=1S/C15H20N4/c16-9-8-11-4-3-7-13(10-11)15-17-14(18-19-15)12-5-1-2-6-12/h3-4,7,10,12H,1-2,5-6,8-9,16H2,(H,17,18,19). The van der Waals surface area contributed by atoms with Crippen molar-refractivity contribution >= 4 is 0 Å². The molecule has 1 aliphatic rings. The predicted octanol–water partition coefficient (Wildman–Crippen LogP) is 2.63. The number of nitrogens with two attached hydrogens (primary N) is 1. The van der Waals surface area contributed by atoms with Gasteiger partial charge in [-0.3, -0.25) is 5.10 Å². The van der Waals surface area contributed by atoms with Crippen molar-refractivity contribution in [2.75, 3.05) is 6.54 Å². The molecule has 19 heavy (non-hydrogen) atoms. The van der Waals surface area contributed by atoms with Gasteiger partial charge in [0.15, 0.2) is 5.82 Å². The first-order valence-electron chi connectivity index (χ1n) is 7.08. The molecule has 0 radical (unpaired) electrons. The third kappa shape index (κ3) is 2.68. The number of hydrogen-bond acceptors (Lipinski definition) is 3. The van der Waals surface area contributed by atoms with Crippen molar-refractivity contribution in [1.29, 1.82) is 0 Å². The highest BCUT2D eigenvalue weighted by molar-refractivity contribution is 5.55. The van der Waals surface area contributed by atoms with Crippen LogP contribution in [0.15, 0.2) is 24.3 Å². The number of aromatic amines is 1. The maximum atomic E-state index is 5.60. The van der Waals surface area contributed by atoms with Crippen LogP contribution in [0.3, 0.4) is 0 Å². The molecule has 1 aliphatic carbocycles. The molecule has 0 amide bonds. The highest BCUT2D eigenvalue weighted by Gasteiger charge is 2.20. The largest absolute Gasteiger partial charge is 0.330 e. The molecule has 1 aromatic carbocycles. The Morgan fingerprint density at radius 2 is 2.11 bits per heavy atom. The number of rotatable bonds is 4. The van der Waals surface area contributed by atoms with Gasteiger partial charge in [-0.2, -0.15) is 5.10 Å². The van der Waals surface area contributed by atoms with Crippen LogP contribution in [0.4, 0.5) is 0 Å². The van der Waals surface area contributed by atoms with Crippen molar-refractivity contribution in [3.63, 3.8) is 0 Å². The molecular weight excluding hydrogens is 236 g/mol. The van der Waals surface area contributed by atoms with E-state index in [1.807, 2.05) is 6.07 Å². The van der Waals surface area contributed by atoms with Crippen LogP contribution in [0.1, 0.15) is 43.0 Å². The number of nitrogens with zero attached hydrogens (tertiary/aromatic N) is 2. The lowest BCUT2D eigenvalue weighted by molar-refractivity contribution is 0.672. The summed E-state index contributed by atoms with van der Waals surface area (Å²) >= 11 is 0. The average Bonchev–Trinajstić information content (AvgIpc) is 3.11. The molecule has 3 N–H and O–H groups in total. The lowest BCUT2D eigenvalue weighted by Crippen LogP contribution is -2.02. The molecule has 1 heterocycles. The van der Waals surface area contributed by atoms with Crippen LogP contribution in [0.2, 0.25) is 0 Å². The summed E-state index contributed by atoms with van der Waals surface area (Å²) < 4.78 is 0. The number of nitrogens with one attached hydrogen (secondary N) is 1. The molecule has 1 fully saturated rings. The SMILES string of the molecule is NCCc1cccc(-c2n[nH]c(C3CCCC3)n2)c1. The summed E-state index contributed by atoms with van der Waals surface area (Å²) in [5.74, 6) is 2.44. The van der Waals surface area contributed by atoms with Crippen molar-refractivity contribution in [2.24, 2.45) is 5.73 Å². The molecule has 0 unspecified atom stereocenters. The molecule has 100 valence electrons. The van der Waals surface area contributed by atoms with Gasteiger partial charge in [-0.05, 0) is 37.4 Å². The van der Waals surface area contributed by atoms with Crippen LogP contribution < -0.4 is 5.73 Å². The Morgan fingerprint density at radius 3 is 2.89 bits per heavy atom. The summed E-state index contributed by atoms with van der Waals surface area (Å²) in [6, 6.07) is 8.34. The Kier molecular flexibility index (Phi) is 3.60. The first-order chi connectivity index (χ1) is 9.36. The lowest BCUT2D eigenvalue weighted by Gasteiger charge is -2.02. The predicted molar refractivity (Wildman–Crippen MR) is 75.8 cm³/mol. The minimum Gasteiger partial charge on any atom is -0.330 e. The first kappa shape index (κ1) is 12.4. The third-order valence-electron chi connectivity index (χ3n) is 3.86. The van der Waals surface area contributed by atoms with Gasteiger partial charge in [-0.1, -0.05) is 31.0 Å². The third-order valence-corrected chi connectivity index (χ3v) is 3.86. The van der Waals surface area contributed by atoms with Crippen molar-refractivity contribution in [1.82, 2.24) is 15.2 Å². The van der Waals surface area contributed by atoms with E-state index in [0.717, 1.165) is 23.6 Å². The van der Waals surface area contributed by atoms with Gasteiger partial charge in [0, 0.05) is 11.5 Å². The fraction of sp³-hybridized carbons (Fsp3) is 0.467. The Balaban J connectivity index is 1.83. The molecule has 4 nitrogen and oxygen atoms in total. The van der Waals surface area contributed by atoms with Crippen molar-refractivity contribution in [3.05, 3.63) is 35.7 Å². The highest BCUT2D eigenvalue weighted by atomic mass is 15.2. The molecular formula is C15H20N4. The Labute approximate surface area is 113 Å². The number of benzene rings is 1. The van der Waals surface area contributed by atoms with Crippen molar-refractivity contribution in [2.45, 2.75) is 38.0 Å². The molecule has 1 saturated carbocycles. The van der Waals surface area contributed by atoms with E-state index < -0.39 is 0 Å². The zero-order chi connectivity index (χ0) is 13.1. The second-order valence-corrected chi connectivity index (χ2v) is 5.26. The zero-order valence-electron chi connectivity index (χ0n) is 11.1. The summed E-state index contributed by atoms with van der Waals surface area (Å²) in [5, 5.41) is 7.48. The molecule has 2 aromatic rings. The van der Waals surface area contributed by atoms with Crippen molar-refractivity contribution < 1.29 is 0 Å². The Bertz CT molecular complexity index is 541. The summed E-state index contributed by atoms with van der Waals surface area (Å²) in [7, 11) is 0. The number of H-pyrrole nitrogens is 1. The quantitative estimate of drug-likeness (QED) is 0.883. The minimum absolute atomic E-state index is 0.577. The second-order valence-electron chi connectivity index (χ2n) is 5.26. The van der Waals surface area contributed by atoms with Gasteiger partial charge in [-0.25, -0.2) is 4.98 Å². The van der Waals surface area contributed by atoms with Gasteiger partial charge in [0.25, 0.3) is 0 Å². The number of hydrogen-bond donors (Lipinski definition) is 2.